The Morgan fingerprint density at radius 1 is 1.09 bits per heavy atom. The number of ether oxygens (including phenoxy) is 3. The van der Waals surface area contributed by atoms with E-state index in [4.69, 9.17) is 14.2 Å². The second kappa shape index (κ2) is 13.2. The number of aliphatic imine (C=N–C) groups is 1. The van der Waals surface area contributed by atoms with Crippen molar-refractivity contribution in [2.24, 2.45) is 4.99 Å². The summed E-state index contributed by atoms with van der Waals surface area (Å²) in [6.07, 6.45) is 2.00. The molecule has 32 heavy (non-hydrogen) atoms. The summed E-state index contributed by atoms with van der Waals surface area (Å²) in [5.41, 5.74) is 2.24. The van der Waals surface area contributed by atoms with Crippen molar-refractivity contribution < 1.29 is 14.2 Å². The van der Waals surface area contributed by atoms with Gasteiger partial charge in [-0.15, -0.1) is 24.0 Å². The first-order valence-electron chi connectivity index (χ1n) is 10.8. The van der Waals surface area contributed by atoms with Crippen LogP contribution in [0.25, 0.3) is 0 Å². The second-order valence-electron chi connectivity index (χ2n) is 7.51. The molecule has 0 radical (unpaired) electrons. The zero-order valence-electron chi connectivity index (χ0n) is 19.4. The predicted molar refractivity (Wildman–Crippen MR) is 141 cm³/mol. The van der Waals surface area contributed by atoms with Gasteiger partial charge in [0.2, 0.25) is 0 Å². The fraction of sp³-hybridized carbons (Fsp3) is 0.458. The molecule has 2 aromatic carbocycles. The molecule has 1 saturated heterocycles. The van der Waals surface area contributed by atoms with Crippen LogP contribution in [0.5, 0.6) is 17.2 Å². The Morgan fingerprint density at radius 3 is 2.59 bits per heavy atom. The van der Waals surface area contributed by atoms with Gasteiger partial charge in [-0.3, -0.25) is 4.99 Å². The number of methoxy groups -OCH3 is 2. The predicted octanol–water partition coefficient (Wildman–Crippen LogP) is 4.05. The quantitative estimate of drug-likeness (QED) is 0.277. The third-order valence-corrected chi connectivity index (χ3v) is 5.33. The SMILES string of the molecule is CCCOc1ccc(CNC(=NC)NC2CCN(c3ccccc3OC)C2)cc1OC.I. The second-order valence-corrected chi connectivity index (χ2v) is 7.51. The maximum Gasteiger partial charge on any atom is 0.191 e. The van der Waals surface area contributed by atoms with E-state index in [1.165, 1.54) is 0 Å². The zero-order chi connectivity index (χ0) is 22.1. The van der Waals surface area contributed by atoms with E-state index in [1.54, 1.807) is 21.3 Å². The molecule has 176 valence electrons. The first-order valence-corrected chi connectivity index (χ1v) is 10.8. The third-order valence-electron chi connectivity index (χ3n) is 5.33. The zero-order valence-corrected chi connectivity index (χ0v) is 21.7. The minimum Gasteiger partial charge on any atom is -0.495 e. The van der Waals surface area contributed by atoms with E-state index in [0.717, 1.165) is 60.4 Å². The fourth-order valence-electron chi connectivity index (χ4n) is 3.71. The summed E-state index contributed by atoms with van der Waals surface area (Å²) in [4.78, 5) is 6.74. The maximum atomic E-state index is 5.74. The van der Waals surface area contributed by atoms with E-state index >= 15 is 0 Å². The van der Waals surface area contributed by atoms with Gasteiger partial charge in [0.05, 0.1) is 26.5 Å². The van der Waals surface area contributed by atoms with E-state index in [9.17, 15) is 0 Å². The van der Waals surface area contributed by atoms with Gasteiger partial charge in [0.25, 0.3) is 0 Å². The van der Waals surface area contributed by atoms with Crippen molar-refractivity contribution in [2.45, 2.75) is 32.4 Å². The maximum absolute atomic E-state index is 5.74. The molecule has 1 fully saturated rings. The minimum atomic E-state index is 0. The van der Waals surface area contributed by atoms with Crippen molar-refractivity contribution in [3.05, 3.63) is 48.0 Å². The molecule has 0 aromatic heterocycles. The smallest absolute Gasteiger partial charge is 0.191 e. The summed E-state index contributed by atoms with van der Waals surface area (Å²) in [6, 6.07) is 14.5. The highest BCUT2D eigenvalue weighted by Crippen LogP contribution is 2.30. The molecule has 0 saturated carbocycles. The van der Waals surface area contributed by atoms with Crippen LogP contribution in [0, 0.1) is 0 Å². The minimum absolute atomic E-state index is 0. The largest absolute Gasteiger partial charge is 0.495 e. The van der Waals surface area contributed by atoms with Crippen LogP contribution in [0.3, 0.4) is 0 Å². The number of nitrogens with zero attached hydrogens (tertiary/aromatic N) is 2. The Bertz CT molecular complexity index is 878. The average Bonchev–Trinajstić information content (AvgIpc) is 3.28. The lowest BCUT2D eigenvalue weighted by Crippen LogP contribution is -2.44. The summed E-state index contributed by atoms with van der Waals surface area (Å²) in [7, 11) is 5.18. The van der Waals surface area contributed by atoms with Gasteiger partial charge in [-0.05, 0) is 42.7 Å². The van der Waals surface area contributed by atoms with Gasteiger partial charge < -0.3 is 29.7 Å². The molecule has 0 aliphatic carbocycles. The van der Waals surface area contributed by atoms with Crippen molar-refractivity contribution in [1.82, 2.24) is 10.6 Å². The molecule has 3 rings (SSSR count). The Labute approximate surface area is 208 Å². The van der Waals surface area contributed by atoms with Crippen LogP contribution in [0.4, 0.5) is 5.69 Å². The Balaban J connectivity index is 0.00000363. The molecular weight excluding hydrogens is 519 g/mol. The van der Waals surface area contributed by atoms with Crippen molar-refractivity contribution in [2.75, 3.05) is 45.9 Å². The summed E-state index contributed by atoms with van der Waals surface area (Å²) in [5.74, 6) is 3.22. The first-order chi connectivity index (χ1) is 15.2. The van der Waals surface area contributed by atoms with Gasteiger partial charge >= 0.3 is 0 Å². The lowest BCUT2D eigenvalue weighted by Gasteiger charge is -2.22. The number of para-hydroxylation sites is 2. The molecule has 0 amide bonds. The summed E-state index contributed by atoms with van der Waals surface area (Å²) in [5, 5.41) is 6.94. The molecule has 7 nitrogen and oxygen atoms in total. The lowest BCUT2D eigenvalue weighted by atomic mass is 10.2. The van der Waals surface area contributed by atoms with E-state index in [0.29, 0.717) is 19.2 Å². The highest BCUT2D eigenvalue weighted by molar-refractivity contribution is 14.0. The molecule has 1 atom stereocenters. The van der Waals surface area contributed by atoms with E-state index in [-0.39, 0.29) is 24.0 Å². The number of hydrogen-bond acceptors (Lipinski definition) is 5. The monoisotopic (exact) mass is 554 g/mol. The van der Waals surface area contributed by atoms with Gasteiger partial charge in [-0.25, -0.2) is 0 Å². The highest BCUT2D eigenvalue weighted by atomic mass is 127. The Morgan fingerprint density at radius 2 is 1.88 bits per heavy atom. The van der Waals surface area contributed by atoms with Crippen LogP contribution in [-0.4, -0.2) is 53.0 Å². The van der Waals surface area contributed by atoms with Crippen molar-refractivity contribution >= 4 is 35.6 Å². The van der Waals surface area contributed by atoms with Gasteiger partial charge in [-0.2, -0.15) is 0 Å². The molecule has 1 unspecified atom stereocenters. The van der Waals surface area contributed by atoms with Crippen molar-refractivity contribution in [1.29, 1.82) is 0 Å². The number of nitrogens with one attached hydrogen (secondary N) is 2. The van der Waals surface area contributed by atoms with Crippen molar-refractivity contribution in [3.63, 3.8) is 0 Å². The Kier molecular flexibility index (Phi) is 10.7. The van der Waals surface area contributed by atoms with Crippen LogP contribution >= 0.6 is 24.0 Å². The summed E-state index contributed by atoms with van der Waals surface area (Å²) >= 11 is 0. The molecule has 1 heterocycles. The summed E-state index contributed by atoms with van der Waals surface area (Å²) < 4.78 is 16.7. The summed E-state index contributed by atoms with van der Waals surface area (Å²) in [6.45, 7) is 5.29. The molecule has 0 spiro atoms. The first kappa shape index (κ1) is 25.9. The molecule has 1 aliphatic heterocycles. The van der Waals surface area contributed by atoms with E-state index < -0.39 is 0 Å². The molecule has 8 heteroatoms. The van der Waals surface area contributed by atoms with Crippen LogP contribution in [0.15, 0.2) is 47.5 Å². The van der Waals surface area contributed by atoms with Gasteiger partial charge in [0, 0.05) is 32.7 Å². The standard InChI is InChI=1S/C24H34N4O3.HI/c1-5-14-31-22-11-10-18(15-23(22)30-4)16-26-24(25-2)27-19-12-13-28(17-19)20-8-6-7-9-21(20)29-3;/h6-11,15,19H,5,12-14,16-17H2,1-4H3,(H2,25,26,27);1H. The van der Waals surface area contributed by atoms with Gasteiger partial charge in [-0.1, -0.05) is 25.1 Å². The lowest BCUT2D eigenvalue weighted by molar-refractivity contribution is 0.294. The van der Waals surface area contributed by atoms with Gasteiger partial charge in [0.1, 0.15) is 5.75 Å². The molecule has 0 bridgehead atoms. The number of rotatable bonds is 9. The normalized spacial score (nSPS) is 15.7. The van der Waals surface area contributed by atoms with Crippen LogP contribution in [0.1, 0.15) is 25.3 Å². The molecule has 2 aromatic rings. The topological polar surface area (TPSA) is 67.4 Å². The number of anilines is 1. The molecule has 1 aliphatic rings. The Hall–Kier alpha value is -2.36. The van der Waals surface area contributed by atoms with Crippen LogP contribution in [-0.2, 0) is 6.54 Å². The van der Waals surface area contributed by atoms with Crippen LogP contribution in [0.2, 0.25) is 0 Å². The number of guanidine groups is 1. The fourth-order valence-corrected chi connectivity index (χ4v) is 3.71. The third kappa shape index (κ3) is 6.82. The molecule has 2 N–H and O–H groups in total. The van der Waals surface area contributed by atoms with Crippen LogP contribution < -0.4 is 29.7 Å². The van der Waals surface area contributed by atoms with E-state index in [2.05, 4.69) is 33.5 Å². The average molecular weight is 554 g/mol. The van der Waals surface area contributed by atoms with Crippen molar-refractivity contribution in [3.8, 4) is 17.2 Å². The number of benzene rings is 2. The number of halogens is 1. The highest BCUT2D eigenvalue weighted by Gasteiger charge is 2.25. The molecular formula is C24H35IN4O3. The van der Waals surface area contributed by atoms with E-state index in [1.807, 2.05) is 36.4 Å². The van der Waals surface area contributed by atoms with Gasteiger partial charge in [0.15, 0.2) is 17.5 Å². The number of hydrogen-bond donors (Lipinski definition) is 2.